The third-order valence-electron chi connectivity index (χ3n) is 5.49. The van der Waals surface area contributed by atoms with E-state index in [-0.39, 0.29) is 11.3 Å². The quantitative estimate of drug-likeness (QED) is 0.335. The number of amides is 1. The highest BCUT2D eigenvalue weighted by molar-refractivity contribution is 6.46. The Balaban J connectivity index is 2.03. The van der Waals surface area contributed by atoms with Crippen molar-refractivity contribution in [3.8, 4) is 11.5 Å². The zero-order chi connectivity index (χ0) is 24.0. The van der Waals surface area contributed by atoms with Crippen molar-refractivity contribution in [1.82, 2.24) is 9.80 Å². The van der Waals surface area contributed by atoms with Crippen LogP contribution < -0.4 is 9.47 Å². The molecule has 1 saturated heterocycles. The van der Waals surface area contributed by atoms with E-state index in [1.54, 1.807) is 29.2 Å². The lowest BCUT2D eigenvalue weighted by molar-refractivity contribution is -0.139. The summed E-state index contributed by atoms with van der Waals surface area (Å²) in [5.74, 6) is -0.0887. The zero-order valence-electron chi connectivity index (χ0n) is 19.7. The van der Waals surface area contributed by atoms with Gasteiger partial charge in [0.15, 0.2) is 0 Å². The van der Waals surface area contributed by atoms with E-state index < -0.39 is 17.7 Å². The highest BCUT2D eigenvalue weighted by atomic mass is 16.5. The first-order valence-corrected chi connectivity index (χ1v) is 11.3. The molecule has 1 amide bonds. The number of hydrogen-bond donors (Lipinski definition) is 1. The first kappa shape index (κ1) is 24.3. The number of aliphatic hydroxyl groups excluding tert-OH is 1. The Hall–Kier alpha value is -3.32. The Bertz CT molecular complexity index is 996. The molecule has 0 saturated carbocycles. The van der Waals surface area contributed by atoms with Gasteiger partial charge in [-0.1, -0.05) is 12.1 Å². The number of nitrogens with zero attached hydrogens (tertiary/aromatic N) is 2. The van der Waals surface area contributed by atoms with E-state index in [1.165, 1.54) is 0 Å². The van der Waals surface area contributed by atoms with Crippen molar-refractivity contribution in [3.63, 3.8) is 0 Å². The standard InChI is InChI=1S/C26H32N2O5/c1-5-32-20-12-8-18(9-13-20)23-22(24(29)19-10-14-21(15-11-19)33-6-2)25(30)26(31)28(23)17-7-16-27(3)4/h8-15,23,29H,5-7,16-17H2,1-4H3/b24-22-. The van der Waals surface area contributed by atoms with Crippen LogP contribution in [0.15, 0.2) is 54.1 Å². The van der Waals surface area contributed by atoms with Gasteiger partial charge < -0.3 is 24.4 Å². The maximum Gasteiger partial charge on any atom is 0.295 e. The molecule has 1 atom stereocenters. The van der Waals surface area contributed by atoms with Crippen molar-refractivity contribution in [2.75, 3.05) is 40.4 Å². The highest BCUT2D eigenvalue weighted by Crippen LogP contribution is 2.40. The van der Waals surface area contributed by atoms with Crippen LogP contribution in [0.4, 0.5) is 0 Å². The molecule has 2 aromatic rings. The molecule has 1 heterocycles. The zero-order valence-corrected chi connectivity index (χ0v) is 19.7. The molecule has 2 aromatic carbocycles. The number of carbonyl (C=O) groups is 2. The average Bonchev–Trinajstić information content (AvgIpc) is 3.05. The van der Waals surface area contributed by atoms with Gasteiger partial charge in [0, 0.05) is 12.1 Å². The summed E-state index contributed by atoms with van der Waals surface area (Å²) in [6.07, 6.45) is 0.705. The Morgan fingerprint density at radius 2 is 1.48 bits per heavy atom. The topological polar surface area (TPSA) is 79.3 Å². The van der Waals surface area contributed by atoms with Crippen LogP contribution in [0.2, 0.25) is 0 Å². The lowest BCUT2D eigenvalue weighted by Crippen LogP contribution is -2.32. The number of rotatable bonds is 10. The summed E-state index contributed by atoms with van der Waals surface area (Å²) in [5.41, 5.74) is 1.30. The van der Waals surface area contributed by atoms with Gasteiger partial charge in [0.1, 0.15) is 17.3 Å². The predicted octanol–water partition coefficient (Wildman–Crippen LogP) is 3.86. The van der Waals surface area contributed by atoms with Crippen LogP contribution in [0, 0.1) is 0 Å². The monoisotopic (exact) mass is 452 g/mol. The molecule has 7 heteroatoms. The van der Waals surface area contributed by atoms with Crippen molar-refractivity contribution in [2.45, 2.75) is 26.3 Å². The lowest BCUT2D eigenvalue weighted by Gasteiger charge is -2.26. The lowest BCUT2D eigenvalue weighted by atomic mass is 9.95. The molecule has 7 nitrogen and oxygen atoms in total. The number of hydrogen-bond acceptors (Lipinski definition) is 6. The predicted molar refractivity (Wildman–Crippen MR) is 127 cm³/mol. The average molecular weight is 453 g/mol. The number of aliphatic hydroxyl groups is 1. The van der Waals surface area contributed by atoms with Crippen molar-refractivity contribution in [2.24, 2.45) is 0 Å². The molecule has 176 valence electrons. The van der Waals surface area contributed by atoms with E-state index in [0.29, 0.717) is 43.2 Å². The summed E-state index contributed by atoms with van der Waals surface area (Å²) >= 11 is 0. The molecule has 1 unspecified atom stereocenters. The molecular formula is C26H32N2O5. The minimum Gasteiger partial charge on any atom is -0.507 e. The summed E-state index contributed by atoms with van der Waals surface area (Å²) in [6.45, 7) is 6.05. The molecule has 0 spiro atoms. The Morgan fingerprint density at radius 1 is 0.939 bits per heavy atom. The van der Waals surface area contributed by atoms with Crippen molar-refractivity contribution >= 4 is 17.4 Å². The van der Waals surface area contributed by atoms with E-state index >= 15 is 0 Å². The van der Waals surface area contributed by atoms with Crippen LogP contribution in [-0.4, -0.2) is 67.0 Å². The van der Waals surface area contributed by atoms with Gasteiger partial charge >= 0.3 is 0 Å². The normalized spacial score (nSPS) is 17.6. The van der Waals surface area contributed by atoms with Crippen LogP contribution in [0.3, 0.4) is 0 Å². The number of likely N-dealkylation sites (tertiary alicyclic amines) is 1. The molecule has 0 radical (unpaired) electrons. The summed E-state index contributed by atoms with van der Waals surface area (Å²) < 4.78 is 11.0. The highest BCUT2D eigenvalue weighted by Gasteiger charge is 2.45. The number of ether oxygens (including phenoxy) is 2. The van der Waals surface area contributed by atoms with E-state index in [9.17, 15) is 14.7 Å². The maximum atomic E-state index is 13.1. The molecule has 0 aromatic heterocycles. The van der Waals surface area contributed by atoms with Crippen LogP contribution in [0.25, 0.3) is 5.76 Å². The smallest absolute Gasteiger partial charge is 0.295 e. The van der Waals surface area contributed by atoms with Crippen molar-refractivity contribution < 1.29 is 24.2 Å². The third-order valence-corrected chi connectivity index (χ3v) is 5.49. The molecule has 1 N–H and O–H groups in total. The van der Waals surface area contributed by atoms with E-state index in [4.69, 9.17) is 9.47 Å². The fourth-order valence-corrected chi connectivity index (χ4v) is 3.96. The number of Topliss-reactive ketones (excluding diaryl/α,β-unsaturated/α-hetero) is 1. The Kier molecular flexibility index (Phi) is 8.11. The van der Waals surface area contributed by atoms with Gasteiger partial charge in [-0.05, 0) is 82.9 Å². The Labute approximate surface area is 195 Å². The number of carbonyl (C=O) groups excluding carboxylic acids is 2. The number of benzene rings is 2. The largest absolute Gasteiger partial charge is 0.507 e. The Morgan fingerprint density at radius 3 is 2.00 bits per heavy atom. The summed E-state index contributed by atoms with van der Waals surface area (Å²) in [6, 6.07) is 13.5. The minimum atomic E-state index is -0.676. The molecule has 0 bridgehead atoms. The van der Waals surface area contributed by atoms with Gasteiger partial charge in [-0.2, -0.15) is 0 Å². The molecule has 1 fully saturated rings. The van der Waals surface area contributed by atoms with Crippen LogP contribution in [0.1, 0.15) is 37.4 Å². The van der Waals surface area contributed by atoms with Gasteiger partial charge in [-0.3, -0.25) is 9.59 Å². The molecular weight excluding hydrogens is 420 g/mol. The van der Waals surface area contributed by atoms with Crippen LogP contribution in [-0.2, 0) is 9.59 Å². The molecule has 1 aliphatic rings. The van der Waals surface area contributed by atoms with Crippen molar-refractivity contribution in [1.29, 1.82) is 0 Å². The maximum absolute atomic E-state index is 13.1. The summed E-state index contributed by atoms with van der Waals surface area (Å²) in [5, 5.41) is 11.1. The van der Waals surface area contributed by atoms with E-state index in [2.05, 4.69) is 0 Å². The molecule has 0 aliphatic carbocycles. The SMILES string of the molecule is CCOc1ccc(/C(O)=C2/C(=O)C(=O)N(CCCN(C)C)C2c2ccc(OCC)cc2)cc1. The first-order chi connectivity index (χ1) is 15.9. The minimum absolute atomic E-state index is 0.0955. The molecule has 1 aliphatic heterocycles. The van der Waals surface area contributed by atoms with Gasteiger partial charge in [0.2, 0.25) is 0 Å². The second-order valence-corrected chi connectivity index (χ2v) is 8.11. The van der Waals surface area contributed by atoms with Gasteiger partial charge in [-0.25, -0.2) is 0 Å². The van der Waals surface area contributed by atoms with Gasteiger partial charge in [0.05, 0.1) is 24.8 Å². The summed E-state index contributed by atoms with van der Waals surface area (Å²) in [7, 11) is 3.92. The second kappa shape index (κ2) is 11.0. The number of ketones is 1. The first-order valence-electron chi connectivity index (χ1n) is 11.3. The van der Waals surface area contributed by atoms with Gasteiger partial charge in [-0.15, -0.1) is 0 Å². The third kappa shape index (κ3) is 5.54. The molecule has 33 heavy (non-hydrogen) atoms. The molecule has 3 rings (SSSR count). The fraction of sp³-hybridized carbons (Fsp3) is 0.385. The van der Waals surface area contributed by atoms with E-state index in [1.807, 2.05) is 57.1 Å². The van der Waals surface area contributed by atoms with Gasteiger partial charge in [0.25, 0.3) is 11.7 Å². The van der Waals surface area contributed by atoms with E-state index in [0.717, 1.165) is 12.1 Å². The fourth-order valence-electron chi connectivity index (χ4n) is 3.96. The summed E-state index contributed by atoms with van der Waals surface area (Å²) in [4.78, 5) is 29.7. The van der Waals surface area contributed by atoms with Crippen LogP contribution in [0.5, 0.6) is 11.5 Å². The second-order valence-electron chi connectivity index (χ2n) is 8.11. The van der Waals surface area contributed by atoms with Crippen LogP contribution >= 0.6 is 0 Å². The van der Waals surface area contributed by atoms with Crippen molar-refractivity contribution in [3.05, 3.63) is 65.2 Å².